The molecular weight excluding hydrogens is 336 g/mol. The number of methoxy groups -OCH3 is 1. The molecule has 1 amide bonds. The van der Waals surface area contributed by atoms with Gasteiger partial charge in [0.1, 0.15) is 11.5 Å². The van der Waals surface area contributed by atoms with Gasteiger partial charge in [-0.3, -0.25) is 4.79 Å². The molecule has 0 aliphatic rings. The highest BCUT2D eigenvalue weighted by atomic mass is 16.5. The molecule has 7 heteroatoms. The molecule has 7 nitrogen and oxygen atoms in total. The molecule has 132 valence electrons. The number of hydrazone groups is 1. The smallest absolute Gasteiger partial charge is 0.275 e. The number of carbonyl (C=O) groups is 1. The Morgan fingerprint density at radius 3 is 2.38 bits per heavy atom. The van der Waals surface area contributed by atoms with Gasteiger partial charge in [-0.2, -0.15) is 5.10 Å². The number of aromatic hydroxyl groups is 3. The van der Waals surface area contributed by atoms with Crippen molar-refractivity contribution in [3.05, 3.63) is 59.7 Å². The first-order chi connectivity index (χ1) is 12.5. The van der Waals surface area contributed by atoms with Gasteiger partial charge in [-0.15, -0.1) is 0 Å². The second kappa shape index (κ2) is 7.02. The molecule has 0 heterocycles. The number of benzene rings is 3. The third kappa shape index (κ3) is 3.36. The van der Waals surface area contributed by atoms with Crippen LogP contribution in [0.2, 0.25) is 0 Å². The van der Waals surface area contributed by atoms with Gasteiger partial charge in [-0.05, 0) is 29.0 Å². The highest BCUT2D eigenvalue weighted by Gasteiger charge is 2.12. The lowest BCUT2D eigenvalue weighted by atomic mass is 10.1. The van der Waals surface area contributed by atoms with Crippen molar-refractivity contribution in [3.8, 4) is 23.0 Å². The fraction of sp³-hybridized carbons (Fsp3) is 0.0526. The largest absolute Gasteiger partial charge is 0.507 e. The van der Waals surface area contributed by atoms with Crippen LogP contribution in [-0.4, -0.2) is 34.6 Å². The Labute approximate surface area is 148 Å². The highest BCUT2D eigenvalue weighted by Crippen LogP contribution is 2.32. The van der Waals surface area contributed by atoms with Crippen molar-refractivity contribution in [2.75, 3.05) is 7.11 Å². The minimum atomic E-state index is -0.602. The van der Waals surface area contributed by atoms with Gasteiger partial charge in [-0.25, -0.2) is 5.43 Å². The average molecular weight is 352 g/mol. The van der Waals surface area contributed by atoms with Crippen molar-refractivity contribution >= 4 is 22.9 Å². The van der Waals surface area contributed by atoms with Crippen LogP contribution >= 0.6 is 0 Å². The fourth-order valence-corrected chi connectivity index (χ4v) is 2.47. The summed E-state index contributed by atoms with van der Waals surface area (Å²) < 4.78 is 4.95. The van der Waals surface area contributed by atoms with Crippen LogP contribution in [0.15, 0.2) is 53.6 Å². The van der Waals surface area contributed by atoms with Crippen LogP contribution in [0.5, 0.6) is 23.0 Å². The average Bonchev–Trinajstić information content (AvgIpc) is 2.62. The molecule has 0 spiro atoms. The molecule has 0 saturated carbocycles. The van der Waals surface area contributed by atoms with E-state index in [0.29, 0.717) is 0 Å². The highest BCUT2D eigenvalue weighted by molar-refractivity contribution is 6.01. The number of nitrogens with one attached hydrogen (secondary N) is 1. The predicted molar refractivity (Wildman–Crippen MR) is 97.0 cm³/mol. The van der Waals surface area contributed by atoms with E-state index in [1.54, 1.807) is 6.07 Å². The molecule has 0 radical (unpaired) electrons. The maximum Gasteiger partial charge on any atom is 0.275 e. The zero-order valence-electron chi connectivity index (χ0n) is 13.8. The zero-order chi connectivity index (χ0) is 18.7. The second-order valence-corrected chi connectivity index (χ2v) is 5.50. The molecule has 26 heavy (non-hydrogen) atoms. The van der Waals surface area contributed by atoms with Crippen molar-refractivity contribution < 1.29 is 24.9 Å². The summed E-state index contributed by atoms with van der Waals surface area (Å²) in [5, 5.41) is 34.8. The molecule has 0 aliphatic heterocycles. The lowest BCUT2D eigenvalue weighted by Crippen LogP contribution is -2.17. The van der Waals surface area contributed by atoms with Gasteiger partial charge in [0, 0.05) is 11.6 Å². The van der Waals surface area contributed by atoms with Crippen LogP contribution in [0.25, 0.3) is 10.8 Å². The van der Waals surface area contributed by atoms with Crippen LogP contribution in [0.4, 0.5) is 0 Å². The maximum absolute atomic E-state index is 12.2. The fourth-order valence-electron chi connectivity index (χ4n) is 2.47. The lowest BCUT2D eigenvalue weighted by Gasteiger charge is -2.07. The molecule has 4 N–H and O–H groups in total. The number of phenolic OH excluding ortho intramolecular Hbond substituents is 3. The van der Waals surface area contributed by atoms with E-state index in [0.717, 1.165) is 16.8 Å². The first-order valence-corrected chi connectivity index (χ1v) is 7.64. The third-order valence-electron chi connectivity index (χ3n) is 3.81. The number of phenols is 3. The van der Waals surface area contributed by atoms with E-state index < -0.39 is 5.91 Å². The Balaban J connectivity index is 1.81. The van der Waals surface area contributed by atoms with E-state index in [-0.39, 0.29) is 34.1 Å². The molecule has 0 atom stereocenters. The summed E-state index contributed by atoms with van der Waals surface area (Å²) >= 11 is 0. The van der Waals surface area contributed by atoms with E-state index in [1.165, 1.54) is 25.5 Å². The maximum atomic E-state index is 12.2. The number of hydrogen-bond acceptors (Lipinski definition) is 6. The molecule has 0 bridgehead atoms. The van der Waals surface area contributed by atoms with E-state index in [2.05, 4.69) is 10.5 Å². The van der Waals surface area contributed by atoms with Gasteiger partial charge < -0.3 is 20.1 Å². The molecule has 0 fully saturated rings. The second-order valence-electron chi connectivity index (χ2n) is 5.50. The molecule has 3 rings (SSSR count). The van der Waals surface area contributed by atoms with Gasteiger partial charge in [0.25, 0.3) is 5.91 Å². The Kier molecular flexibility index (Phi) is 4.62. The van der Waals surface area contributed by atoms with Gasteiger partial charge >= 0.3 is 0 Å². The minimum Gasteiger partial charge on any atom is -0.507 e. The number of nitrogens with zero attached hydrogens (tertiary/aromatic N) is 1. The van der Waals surface area contributed by atoms with Crippen molar-refractivity contribution in [2.24, 2.45) is 5.10 Å². The lowest BCUT2D eigenvalue weighted by molar-refractivity contribution is 0.0952. The topological polar surface area (TPSA) is 111 Å². The Hall–Kier alpha value is -3.74. The van der Waals surface area contributed by atoms with E-state index in [9.17, 15) is 20.1 Å². The molecular formula is C19H16N2O5. The number of rotatable bonds is 4. The summed E-state index contributed by atoms with van der Waals surface area (Å²) in [6.07, 6.45) is 1.20. The van der Waals surface area contributed by atoms with Crippen LogP contribution in [0.1, 0.15) is 15.9 Å². The Bertz CT molecular complexity index is 1010. The van der Waals surface area contributed by atoms with Crippen LogP contribution in [0, 0.1) is 0 Å². The van der Waals surface area contributed by atoms with Gasteiger partial charge in [0.05, 0.1) is 18.9 Å². The first-order valence-electron chi connectivity index (χ1n) is 7.64. The van der Waals surface area contributed by atoms with E-state index in [4.69, 9.17) is 4.74 Å². The number of fused-ring (bicyclic) bond motifs is 1. The molecule has 3 aromatic rings. The van der Waals surface area contributed by atoms with Gasteiger partial charge in [-0.1, -0.05) is 24.3 Å². The van der Waals surface area contributed by atoms with Crippen LogP contribution in [-0.2, 0) is 0 Å². The summed E-state index contributed by atoms with van der Waals surface area (Å²) in [4.78, 5) is 12.2. The number of ether oxygens (including phenoxy) is 1. The summed E-state index contributed by atoms with van der Waals surface area (Å²) in [5.74, 6) is -1.05. The summed E-state index contributed by atoms with van der Waals surface area (Å²) in [6, 6.07) is 12.9. The van der Waals surface area contributed by atoms with Gasteiger partial charge in [0.15, 0.2) is 11.5 Å². The predicted octanol–water partition coefficient (Wildman–Crippen LogP) is 2.73. The third-order valence-corrected chi connectivity index (χ3v) is 3.81. The molecule has 0 unspecified atom stereocenters. The standard InChI is InChI=1S/C19H16N2O5/c1-26-18-8-13(15(22)9-17(18)24)10-20-21-19(25)14-6-11-4-2-3-5-12(11)7-16(14)23/h2-10,22-24H,1H3,(H,21,25)/b20-10+. The number of hydrogen-bond donors (Lipinski definition) is 4. The molecule has 0 aromatic heterocycles. The van der Waals surface area contributed by atoms with E-state index in [1.807, 2.05) is 24.3 Å². The quantitative estimate of drug-likeness (QED) is 0.426. The monoisotopic (exact) mass is 352 g/mol. The summed E-state index contributed by atoms with van der Waals surface area (Å²) in [5.41, 5.74) is 2.60. The normalized spacial score (nSPS) is 11.0. The number of amides is 1. The molecule has 0 saturated heterocycles. The number of carbonyl (C=O) groups excluding carboxylic acids is 1. The minimum absolute atomic E-state index is 0.0772. The van der Waals surface area contributed by atoms with E-state index >= 15 is 0 Å². The molecule has 3 aromatic carbocycles. The van der Waals surface area contributed by atoms with Crippen molar-refractivity contribution in [1.82, 2.24) is 5.43 Å². The van der Waals surface area contributed by atoms with Crippen molar-refractivity contribution in [2.45, 2.75) is 0 Å². The van der Waals surface area contributed by atoms with Crippen molar-refractivity contribution in [1.29, 1.82) is 0 Å². The Morgan fingerprint density at radius 2 is 1.69 bits per heavy atom. The van der Waals surface area contributed by atoms with Crippen molar-refractivity contribution in [3.63, 3.8) is 0 Å². The van der Waals surface area contributed by atoms with Gasteiger partial charge in [0.2, 0.25) is 0 Å². The van der Waals surface area contributed by atoms with Crippen LogP contribution in [0.3, 0.4) is 0 Å². The summed E-state index contributed by atoms with van der Waals surface area (Å²) in [7, 11) is 1.37. The Morgan fingerprint density at radius 1 is 1.00 bits per heavy atom. The first kappa shape index (κ1) is 17.1. The molecule has 0 aliphatic carbocycles. The SMILES string of the molecule is COc1cc(/C=N/NC(=O)c2cc3ccccc3cc2O)c(O)cc1O. The van der Waals surface area contributed by atoms with Crippen LogP contribution < -0.4 is 10.2 Å². The zero-order valence-corrected chi connectivity index (χ0v) is 13.8. The summed E-state index contributed by atoms with van der Waals surface area (Å²) in [6.45, 7) is 0.